The Morgan fingerprint density at radius 2 is 2.29 bits per heavy atom. The van der Waals surface area contributed by atoms with Gasteiger partial charge in [-0.05, 0) is 48.4 Å². The molecule has 2 rings (SSSR count). The first kappa shape index (κ1) is 15.5. The number of amides is 1. The standard InChI is InChI=1S/C14H19N5OS/c1-4-8-15-13(20)11(3)21-14-16-17-18-19(14)12-7-5-6-10(2)9-12/h5-7,9,11H,4,8H2,1-3H3,(H,15,20). The Hall–Kier alpha value is -1.89. The summed E-state index contributed by atoms with van der Waals surface area (Å²) in [5, 5.41) is 15.0. The highest BCUT2D eigenvalue weighted by Crippen LogP contribution is 2.23. The molecular weight excluding hydrogens is 286 g/mol. The first-order chi connectivity index (χ1) is 10.1. The molecule has 1 unspecified atom stereocenters. The summed E-state index contributed by atoms with van der Waals surface area (Å²) in [6.07, 6.45) is 0.921. The third-order valence-electron chi connectivity index (χ3n) is 2.89. The number of thioether (sulfide) groups is 1. The van der Waals surface area contributed by atoms with Gasteiger partial charge in [0, 0.05) is 6.54 Å². The van der Waals surface area contributed by atoms with Gasteiger partial charge in [0.2, 0.25) is 11.1 Å². The molecule has 1 aromatic heterocycles. The van der Waals surface area contributed by atoms with Gasteiger partial charge in [0.25, 0.3) is 0 Å². The van der Waals surface area contributed by atoms with Crippen molar-refractivity contribution in [2.24, 2.45) is 0 Å². The summed E-state index contributed by atoms with van der Waals surface area (Å²) in [5.74, 6) is 0.000595. The van der Waals surface area contributed by atoms with E-state index in [9.17, 15) is 4.79 Å². The van der Waals surface area contributed by atoms with E-state index < -0.39 is 0 Å². The highest BCUT2D eigenvalue weighted by Gasteiger charge is 2.18. The molecule has 0 fully saturated rings. The molecule has 1 amide bonds. The van der Waals surface area contributed by atoms with Crippen LogP contribution in [0.1, 0.15) is 25.8 Å². The van der Waals surface area contributed by atoms with Crippen LogP contribution < -0.4 is 5.32 Å². The third kappa shape index (κ3) is 4.04. The number of benzene rings is 1. The lowest BCUT2D eigenvalue weighted by Crippen LogP contribution is -2.31. The minimum atomic E-state index is -0.244. The molecular formula is C14H19N5OS. The van der Waals surface area contributed by atoms with E-state index in [1.54, 1.807) is 4.68 Å². The minimum Gasteiger partial charge on any atom is -0.355 e. The SMILES string of the molecule is CCCNC(=O)C(C)Sc1nnnn1-c1cccc(C)c1. The quantitative estimate of drug-likeness (QED) is 0.826. The normalized spacial score (nSPS) is 12.1. The predicted molar refractivity (Wildman–Crippen MR) is 82.5 cm³/mol. The second-order valence-electron chi connectivity index (χ2n) is 4.76. The second kappa shape index (κ2) is 7.21. The van der Waals surface area contributed by atoms with Crippen molar-refractivity contribution in [3.63, 3.8) is 0 Å². The smallest absolute Gasteiger partial charge is 0.233 e. The number of aryl methyl sites for hydroxylation is 1. The lowest BCUT2D eigenvalue weighted by molar-refractivity contribution is -0.120. The first-order valence-corrected chi connectivity index (χ1v) is 7.79. The number of tetrazole rings is 1. The average Bonchev–Trinajstić information content (AvgIpc) is 2.92. The van der Waals surface area contributed by atoms with Crippen molar-refractivity contribution in [2.45, 2.75) is 37.6 Å². The van der Waals surface area contributed by atoms with E-state index in [0.717, 1.165) is 17.7 Å². The molecule has 112 valence electrons. The highest BCUT2D eigenvalue weighted by atomic mass is 32.2. The van der Waals surface area contributed by atoms with E-state index in [1.165, 1.54) is 11.8 Å². The van der Waals surface area contributed by atoms with Gasteiger partial charge in [-0.1, -0.05) is 30.8 Å². The van der Waals surface area contributed by atoms with Crippen LogP contribution in [0, 0.1) is 6.92 Å². The van der Waals surface area contributed by atoms with Gasteiger partial charge in [0.1, 0.15) is 0 Å². The van der Waals surface area contributed by atoms with Crippen LogP contribution in [0.2, 0.25) is 0 Å². The molecule has 0 spiro atoms. The highest BCUT2D eigenvalue weighted by molar-refractivity contribution is 8.00. The Balaban J connectivity index is 2.12. The largest absolute Gasteiger partial charge is 0.355 e. The van der Waals surface area contributed by atoms with Crippen molar-refractivity contribution in [1.29, 1.82) is 0 Å². The van der Waals surface area contributed by atoms with E-state index in [0.29, 0.717) is 11.7 Å². The van der Waals surface area contributed by atoms with Gasteiger partial charge >= 0.3 is 0 Å². The maximum absolute atomic E-state index is 11.9. The van der Waals surface area contributed by atoms with Crippen molar-refractivity contribution in [2.75, 3.05) is 6.54 Å². The number of hydrogen-bond acceptors (Lipinski definition) is 5. The number of rotatable bonds is 6. The molecule has 6 nitrogen and oxygen atoms in total. The number of nitrogens with one attached hydrogen (secondary N) is 1. The van der Waals surface area contributed by atoms with E-state index in [1.807, 2.05) is 45.0 Å². The van der Waals surface area contributed by atoms with Crippen molar-refractivity contribution in [3.8, 4) is 5.69 Å². The molecule has 7 heteroatoms. The fraction of sp³-hybridized carbons (Fsp3) is 0.429. The molecule has 0 saturated heterocycles. The van der Waals surface area contributed by atoms with Gasteiger partial charge in [-0.25, -0.2) is 0 Å². The van der Waals surface area contributed by atoms with Crippen LogP contribution in [0.5, 0.6) is 0 Å². The number of carbonyl (C=O) groups excluding carboxylic acids is 1. The average molecular weight is 305 g/mol. The summed E-state index contributed by atoms with van der Waals surface area (Å²) in [6, 6.07) is 7.91. The lowest BCUT2D eigenvalue weighted by Gasteiger charge is -2.11. The van der Waals surface area contributed by atoms with Gasteiger partial charge in [0.05, 0.1) is 10.9 Å². The molecule has 0 aliphatic heterocycles. The molecule has 0 radical (unpaired) electrons. The molecule has 1 aromatic carbocycles. The first-order valence-electron chi connectivity index (χ1n) is 6.91. The number of nitrogens with zero attached hydrogens (tertiary/aromatic N) is 4. The molecule has 0 aliphatic rings. The molecule has 2 aromatic rings. The van der Waals surface area contributed by atoms with E-state index in [2.05, 4.69) is 20.8 Å². The minimum absolute atomic E-state index is 0.000595. The maximum atomic E-state index is 11.9. The van der Waals surface area contributed by atoms with Gasteiger partial charge in [-0.15, -0.1) is 5.10 Å². The van der Waals surface area contributed by atoms with Gasteiger partial charge in [-0.2, -0.15) is 4.68 Å². The van der Waals surface area contributed by atoms with Crippen molar-refractivity contribution >= 4 is 17.7 Å². The van der Waals surface area contributed by atoms with Gasteiger partial charge in [-0.3, -0.25) is 4.79 Å². The second-order valence-corrected chi connectivity index (χ2v) is 6.07. The van der Waals surface area contributed by atoms with E-state index in [4.69, 9.17) is 0 Å². The maximum Gasteiger partial charge on any atom is 0.233 e. The molecule has 21 heavy (non-hydrogen) atoms. The van der Waals surface area contributed by atoms with Crippen molar-refractivity contribution in [1.82, 2.24) is 25.5 Å². The summed E-state index contributed by atoms with van der Waals surface area (Å²) < 4.78 is 1.65. The number of aromatic nitrogens is 4. The Labute approximate surface area is 128 Å². The zero-order chi connectivity index (χ0) is 15.2. The number of carbonyl (C=O) groups is 1. The fourth-order valence-electron chi connectivity index (χ4n) is 1.78. The van der Waals surface area contributed by atoms with Crippen molar-refractivity contribution in [3.05, 3.63) is 29.8 Å². The van der Waals surface area contributed by atoms with E-state index >= 15 is 0 Å². The van der Waals surface area contributed by atoms with Crippen LogP contribution in [-0.4, -0.2) is 37.9 Å². The molecule has 0 aliphatic carbocycles. The van der Waals surface area contributed by atoms with Gasteiger partial charge in [0.15, 0.2) is 0 Å². The summed E-state index contributed by atoms with van der Waals surface area (Å²) >= 11 is 1.35. The zero-order valence-corrected chi connectivity index (χ0v) is 13.2. The Kier molecular flexibility index (Phi) is 5.32. The monoisotopic (exact) mass is 305 g/mol. The Morgan fingerprint density at radius 3 is 3.00 bits per heavy atom. The molecule has 0 saturated carbocycles. The lowest BCUT2D eigenvalue weighted by atomic mass is 10.2. The summed E-state index contributed by atoms with van der Waals surface area (Å²) in [5.41, 5.74) is 2.02. The topological polar surface area (TPSA) is 72.7 Å². The number of hydrogen-bond donors (Lipinski definition) is 1. The third-order valence-corrected chi connectivity index (χ3v) is 3.92. The van der Waals surface area contributed by atoms with Crippen LogP contribution in [0.4, 0.5) is 0 Å². The van der Waals surface area contributed by atoms with Crippen LogP contribution in [0.25, 0.3) is 5.69 Å². The molecule has 0 bridgehead atoms. The van der Waals surface area contributed by atoms with Crippen LogP contribution in [-0.2, 0) is 4.79 Å². The Morgan fingerprint density at radius 1 is 1.48 bits per heavy atom. The summed E-state index contributed by atoms with van der Waals surface area (Å²) in [4.78, 5) is 11.9. The van der Waals surface area contributed by atoms with Crippen LogP contribution in [0.15, 0.2) is 29.4 Å². The molecule has 1 heterocycles. The molecule has 1 N–H and O–H groups in total. The van der Waals surface area contributed by atoms with Crippen molar-refractivity contribution < 1.29 is 4.79 Å². The summed E-state index contributed by atoms with van der Waals surface area (Å²) in [6.45, 7) is 6.58. The molecule has 1 atom stereocenters. The Bertz CT molecular complexity index is 613. The van der Waals surface area contributed by atoms with Gasteiger partial charge < -0.3 is 5.32 Å². The van der Waals surface area contributed by atoms with E-state index in [-0.39, 0.29) is 11.2 Å². The zero-order valence-electron chi connectivity index (χ0n) is 12.4. The fourth-order valence-corrected chi connectivity index (χ4v) is 2.61. The van der Waals surface area contributed by atoms with Crippen LogP contribution in [0.3, 0.4) is 0 Å². The predicted octanol–water partition coefficient (Wildman–Crippen LogP) is 1.98. The van der Waals surface area contributed by atoms with Crippen LogP contribution >= 0.6 is 11.8 Å². The summed E-state index contributed by atoms with van der Waals surface area (Å²) in [7, 11) is 0.